The number of fused-ring (bicyclic) bond motifs is 1. The van der Waals surface area contributed by atoms with Gasteiger partial charge in [-0.2, -0.15) is 36.5 Å². The van der Waals surface area contributed by atoms with Crippen molar-refractivity contribution in [3.63, 3.8) is 0 Å². The molecule has 1 atom stereocenters. The van der Waals surface area contributed by atoms with Gasteiger partial charge in [0.25, 0.3) is 5.72 Å². The molecule has 2 aromatic carbocycles. The first-order valence-electron chi connectivity index (χ1n) is 10.1. The minimum absolute atomic E-state index is 0.0147. The summed E-state index contributed by atoms with van der Waals surface area (Å²) in [6.45, 7) is 0. The van der Waals surface area contributed by atoms with Gasteiger partial charge >= 0.3 is 12.4 Å². The van der Waals surface area contributed by atoms with Crippen LogP contribution in [-0.4, -0.2) is 32.7 Å². The minimum Gasteiger partial charge on any atom is -0.463 e. The predicted molar refractivity (Wildman–Crippen MR) is 113 cm³/mol. The first-order chi connectivity index (χ1) is 16.5. The van der Waals surface area contributed by atoms with Crippen LogP contribution in [0.2, 0.25) is 0 Å². The van der Waals surface area contributed by atoms with Crippen LogP contribution in [0.15, 0.2) is 76.4 Å². The van der Waals surface area contributed by atoms with Gasteiger partial charge in [-0.25, -0.2) is 9.97 Å². The summed E-state index contributed by atoms with van der Waals surface area (Å²) in [5.74, 6) is -1.21. The van der Waals surface area contributed by atoms with Crippen molar-refractivity contribution in [3.05, 3.63) is 78.2 Å². The molecule has 0 saturated heterocycles. The van der Waals surface area contributed by atoms with Crippen LogP contribution in [0.5, 0.6) is 0 Å². The van der Waals surface area contributed by atoms with Crippen molar-refractivity contribution in [1.29, 1.82) is 0 Å². The average molecular weight is 492 g/mol. The number of furan rings is 1. The van der Waals surface area contributed by atoms with Crippen LogP contribution >= 0.6 is 0 Å². The molecule has 0 unspecified atom stereocenters. The zero-order valence-corrected chi connectivity index (χ0v) is 17.5. The quantitative estimate of drug-likeness (QED) is 0.368. The van der Waals surface area contributed by atoms with Gasteiger partial charge in [-0.05, 0) is 40.6 Å². The SMILES string of the molecule is O[C@]1(C(F)(F)F)CC(c2ccc3ccccc3c2)=NN1c1nc(-c2ccco2)cc(C(F)(F)F)n1. The number of anilines is 1. The summed E-state index contributed by atoms with van der Waals surface area (Å²) in [5.41, 5.74) is -5.57. The van der Waals surface area contributed by atoms with E-state index in [1.807, 2.05) is 0 Å². The zero-order valence-electron chi connectivity index (χ0n) is 17.5. The second-order valence-electron chi connectivity index (χ2n) is 7.83. The third-order valence-electron chi connectivity index (χ3n) is 5.49. The summed E-state index contributed by atoms with van der Waals surface area (Å²) in [6, 6.07) is 15.1. The number of rotatable bonds is 3. The molecule has 3 heterocycles. The predicted octanol–water partition coefficient (Wildman–Crippen LogP) is 5.77. The molecule has 35 heavy (non-hydrogen) atoms. The summed E-state index contributed by atoms with van der Waals surface area (Å²) < 4.78 is 87.9. The number of benzene rings is 2. The van der Waals surface area contributed by atoms with E-state index in [1.165, 1.54) is 24.5 Å². The second-order valence-corrected chi connectivity index (χ2v) is 7.83. The number of halogens is 6. The summed E-state index contributed by atoms with van der Waals surface area (Å²) in [4.78, 5) is 7.08. The molecule has 1 aliphatic heterocycles. The van der Waals surface area contributed by atoms with Crippen LogP contribution in [0.25, 0.3) is 22.2 Å². The Kier molecular flexibility index (Phi) is 5.09. The Hall–Kier alpha value is -3.93. The summed E-state index contributed by atoms with van der Waals surface area (Å²) in [5, 5.41) is 16.1. The maximum atomic E-state index is 14.1. The molecular formula is C23H14F6N4O2. The smallest absolute Gasteiger partial charge is 0.438 e. The van der Waals surface area contributed by atoms with E-state index >= 15 is 0 Å². The fourth-order valence-corrected chi connectivity index (χ4v) is 3.73. The van der Waals surface area contributed by atoms with E-state index in [2.05, 4.69) is 15.1 Å². The van der Waals surface area contributed by atoms with Gasteiger partial charge in [-0.3, -0.25) is 0 Å². The number of aliphatic hydroxyl groups is 1. The lowest BCUT2D eigenvalue weighted by molar-refractivity contribution is -0.254. The molecule has 6 nitrogen and oxygen atoms in total. The highest BCUT2D eigenvalue weighted by atomic mass is 19.4. The van der Waals surface area contributed by atoms with E-state index in [0.29, 0.717) is 11.5 Å². The summed E-state index contributed by atoms with van der Waals surface area (Å²) >= 11 is 0. The normalized spacial score (nSPS) is 18.8. The monoisotopic (exact) mass is 492 g/mol. The molecule has 1 aliphatic rings. The number of hydrogen-bond acceptors (Lipinski definition) is 6. The number of hydrazone groups is 1. The van der Waals surface area contributed by atoms with E-state index in [4.69, 9.17) is 4.42 Å². The Balaban J connectivity index is 1.68. The van der Waals surface area contributed by atoms with E-state index in [-0.39, 0.29) is 22.0 Å². The molecule has 5 rings (SSSR count). The average Bonchev–Trinajstić information content (AvgIpc) is 3.46. The summed E-state index contributed by atoms with van der Waals surface area (Å²) in [7, 11) is 0. The van der Waals surface area contributed by atoms with Crippen LogP contribution < -0.4 is 5.01 Å². The first-order valence-corrected chi connectivity index (χ1v) is 10.1. The summed E-state index contributed by atoms with van der Waals surface area (Å²) in [6.07, 6.45) is -10.2. The van der Waals surface area contributed by atoms with Gasteiger partial charge < -0.3 is 9.52 Å². The highest BCUT2D eigenvalue weighted by Crippen LogP contribution is 2.44. The maximum absolute atomic E-state index is 14.1. The molecule has 12 heteroatoms. The Morgan fingerprint density at radius 1 is 0.886 bits per heavy atom. The molecular weight excluding hydrogens is 478 g/mol. The van der Waals surface area contributed by atoms with Crippen LogP contribution in [0.4, 0.5) is 32.3 Å². The van der Waals surface area contributed by atoms with E-state index in [1.54, 1.807) is 36.4 Å². The molecule has 0 radical (unpaired) electrons. The molecule has 0 bridgehead atoms. The fourth-order valence-electron chi connectivity index (χ4n) is 3.73. The zero-order chi connectivity index (χ0) is 25.0. The van der Waals surface area contributed by atoms with Crippen LogP contribution in [0, 0.1) is 0 Å². The van der Waals surface area contributed by atoms with Crippen LogP contribution in [-0.2, 0) is 6.18 Å². The van der Waals surface area contributed by atoms with Crippen molar-refractivity contribution in [2.45, 2.75) is 24.5 Å². The Bertz CT molecular complexity index is 1430. The van der Waals surface area contributed by atoms with E-state index < -0.39 is 41.8 Å². The lowest BCUT2D eigenvalue weighted by Gasteiger charge is -2.32. The third kappa shape index (κ3) is 3.99. The number of aromatic nitrogens is 2. The largest absolute Gasteiger partial charge is 0.463 e. The van der Waals surface area contributed by atoms with Crippen molar-refractivity contribution in [1.82, 2.24) is 9.97 Å². The van der Waals surface area contributed by atoms with Gasteiger partial charge in [0.05, 0.1) is 18.4 Å². The molecule has 2 aromatic heterocycles. The topological polar surface area (TPSA) is 74.8 Å². The van der Waals surface area contributed by atoms with Gasteiger partial charge in [0.1, 0.15) is 5.69 Å². The van der Waals surface area contributed by atoms with Crippen LogP contribution in [0.3, 0.4) is 0 Å². The van der Waals surface area contributed by atoms with E-state index in [0.717, 1.165) is 5.39 Å². The number of hydrogen-bond donors (Lipinski definition) is 1. The van der Waals surface area contributed by atoms with Gasteiger partial charge in [0.15, 0.2) is 11.5 Å². The molecule has 0 aliphatic carbocycles. The lowest BCUT2D eigenvalue weighted by atomic mass is 9.98. The van der Waals surface area contributed by atoms with Crippen molar-refractivity contribution in [2.24, 2.45) is 5.10 Å². The molecule has 0 amide bonds. The van der Waals surface area contributed by atoms with E-state index in [9.17, 15) is 31.4 Å². The lowest BCUT2D eigenvalue weighted by Crippen LogP contribution is -2.55. The van der Waals surface area contributed by atoms with Crippen LogP contribution in [0.1, 0.15) is 17.7 Å². The van der Waals surface area contributed by atoms with Gasteiger partial charge in [-0.15, -0.1) is 0 Å². The van der Waals surface area contributed by atoms with Crippen molar-refractivity contribution in [2.75, 3.05) is 5.01 Å². The molecule has 0 spiro atoms. The molecule has 180 valence electrons. The molecule has 0 fully saturated rings. The molecule has 4 aromatic rings. The Morgan fingerprint density at radius 2 is 1.63 bits per heavy atom. The Morgan fingerprint density at radius 3 is 2.29 bits per heavy atom. The Labute approximate surface area is 193 Å². The van der Waals surface area contributed by atoms with Crippen molar-refractivity contribution >= 4 is 22.4 Å². The third-order valence-corrected chi connectivity index (χ3v) is 5.49. The highest BCUT2D eigenvalue weighted by Gasteiger charge is 2.63. The van der Waals surface area contributed by atoms with Crippen molar-refractivity contribution < 1.29 is 35.9 Å². The number of nitrogens with zero attached hydrogens (tertiary/aromatic N) is 4. The van der Waals surface area contributed by atoms with Crippen molar-refractivity contribution in [3.8, 4) is 11.5 Å². The van der Waals surface area contributed by atoms with Gasteiger partial charge in [0, 0.05) is 0 Å². The first kappa shape index (κ1) is 22.8. The van der Waals surface area contributed by atoms with Gasteiger partial charge in [-0.1, -0.05) is 36.4 Å². The minimum atomic E-state index is -5.31. The number of alkyl halides is 6. The fraction of sp³-hybridized carbons (Fsp3) is 0.174. The highest BCUT2D eigenvalue weighted by molar-refractivity contribution is 6.06. The standard InChI is InChI=1S/C23H14F6N4O2/c24-22(25,26)19-11-16(18-6-3-9-35-18)30-20(31-19)33-21(34,23(27,28)29)12-17(32-33)15-8-7-13-4-1-2-5-14(13)10-15/h1-11,34H,12H2/t21-/m0/s1. The second kappa shape index (κ2) is 7.80. The molecule has 0 saturated carbocycles. The maximum Gasteiger partial charge on any atom is 0.438 e. The molecule has 1 N–H and O–H groups in total. The van der Waals surface area contributed by atoms with Gasteiger partial charge in [0.2, 0.25) is 5.95 Å².